The highest BCUT2D eigenvalue weighted by Gasteiger charge is 2.42. The number of ether oxygens (including phenoxy) is 2. The average Bonchev–Trinajstić information content (AvgIpc) is 2.99. The Labute approximate surface area is 181 Å². The summed E-state index contributed by atoms with van der Waals surface area (Å²) in [6.07, 6.45) is 0. The monoisotopic (exact) mass is 426 g/mol. The fourth-order valence-corrected chi connectivity index (χ4v) is 3.70. The predicted molar refractivity (Wildman–Crippen MR) is 117 cm³/mol. The number of halogens is 1. The van der Waals surface area contributed by atoms with Crippen molar-refractivity contribution in [3.63, 3.8) is 0 Å². The predicted octanol–water partition coefficient (Wildman–Crippen LogP) is 3.32. The number of methoxy groups -OCH3 is 2. The second-order valence-electron chi connectivity index (χ2n) is 7.44. The van der Waals surface area contributed by atoms with Crippen molar-refractivity contribution >= 4 is 23.1 Å². The summed E-state index contributed by atoms with van der Waals surface area (Å²) >= 11 is 0. The minimum atomic E-state index is -0.432. The van der Waals surface area contributed by atoms with Gasteiger partial charge in [-0.2, -0.15) is 0 Å². The second kappa shape index (κ2) is 9.85. The van der Waals surface area contributed by atoms with Crippen LogP contribution in [-0.2, 0) is 19.1 Å². The number of amides is 2. The van der Waals surface area contributed by atoms with Crippen molar-refractivity contribution in [1.29, 1.82) is 0 Å². The molecule has 7 heteroatoms. The lowest BCUT2D eigenvalue weighted by molar-refractivity contribution is -0.120. The third-order valence-corrected chi connectivity index (χ3v) is 5.23. The van der Waals surface area contributed by atoms with Gasteiger partial charge in [-0.15, -0.1) is 0 Å². The molecule has 0 atom stereocenters. The van der Waals surface area contributed by atoms with E-state index in [0.717, 1.165) is 11.1 Å². The zero-order valence-corrected chi connectivity index (χ0v) is 18.3. The molecular formula is C24H27FN2O4. The van der Waals surface area contributed by atoms with Crippen LogP contribution >= 0.6 is 0 Å². The molecule has 0 spiro atoms. The van der Waals surface area contributed by atoms with Gasteiger partial charge in [-0.05, 0) is 43.2 Å². The molecule has 1 aliphatic rings. The number of anilines is 1. The maximum Gasteiger partial charge on any atom is 0.282 e. The Morgan fingerprint density at radius 3 is 2.06 bits per heavy atom. The lowest BCUT2D eigenvalue weighted by Gasteiger charge is -2.26. The smallest absolute Gasteiger partial charge is 0.282 e. The Morgan fingerprint density at radius 2 is 1.52 bits per heavy atom. The third-order valence-electron chi connectivity index (χ3n) is 5.23. The van der Waals surface area contributed by atoms with Crippen LogP contribution < -0.4 is 4.90 Å². The molecule has 6 nitrogen and oxygen atoms in total. The third kappa shape index (κ3) is 4.68. The Morgan fingerprint density at radius 1 is 0.903 bits per heavy atom. The molecule has 2 aromatic rings. The number of benzene rings is 2. The zero-order chi connectivity index (χ0) is 22.5. The van der Waals surface area contributed by atoms with E-state index in [0.29, 0.717) is 37.6 Å². The SMILES string of the molecule is COCCN(CCOC)C1=C(c2ccc(F)cc2)C(=O)N(c2ccc(C)cc2C)C1=O. The number of imide groups is 1. The van der Waals surface area contributed by atoms with Gasteiger partial charge in [-0.3, -0.25) is 9.59 Å². The van der Waals surface area contributed by atoms with Crippen LogP contribution in [-0.4, -0.2) is 57.2 Å². The van der Waals surface area contributed by atoms with E-state index < -0.39 is 17.6 Å². The van der Waals surface area contributed by atoms with Gasteiger partial charge in [0.05, 0.1) is 24.5 Å². The van der Waals surface area contributed by atoms with Crippen LogP contribution in [0.1, 0.15) is 16.7 Å². The van der Waals surface area contributed by atoms with E-state index >= 15 is 0 Å². The van der Waals surface area contributed by atoms with Crippen LogP contribution in [0.5, 0.6) is 0 Å². The summed E-state index contributed by atoms with van der Waals surface area (Å²) in [5.41, 5.74) is 3.40. The van der Waals surface area contributed by atoms with Gasteiger partial charge in [0, 0.05) is 27.3 Å². The lowest BCUT2D eigenvalue weighted by atomic mass is 10.0. The van der Waals surface area contributed by atoms with Crippen LogP contribution in [0.3, 0.4) is 0 Å². The zero-order valence-electron chi connectivity index (χ0n) is 18.3. The van der Waals surface area contributed by atoms with Crippen molar-refractivity contribution in [3.8, 4) is 0 Å². The second-order valence-corrected chi connectivity index (χ2v) is 7.44. The first-order chi connectivity index (χ1) is 14.9. The van der Waals surface area contributed by atoms with Gasteiger partial charge in [-0.25, -0.2) is 9.29 Å². The van der Waals surface area contributed by atoms with Gasteiger partial charge >= 0.3 is 0 Å². The van der Waals surface area contributed by atoms with E-state index in [9.17, 15) is 14.0 Å². The van der Waals surface area contributed by atoms with Crippen molar-refractivity contribution in [2.24, 2.45) is 0 Å². The highest BCUT2D eigenvalue weighted by molar-refractivity contribution is 6.45. The molecular weight excluding hydrogens is 399 g/mol. The van der Waals surface area contributed by atoms with Crippen molar-refractivity contribution in [1.82, 2.24) is 4.90 Å². The fourth-order valence-electron chi connectivity index (χ4n) is 3.70. The maximum absolute atomic E-state index is 13.6. The van der Waals surface area contributed by atoms with Gasteiger partial charge in [-0.1, -0.05) is 29.8 Å². The molecule has 164 valence electrons. The normalized spacial score (nSPS) is 14.0. The summed E-state index contributed by atoms with van der Waals surface area (Å²) in [5, 5.41) is 0. The number of aryl methyl sites for hydroxylation is 2. The van der Waals surface area contributed by atoms with Crippen LogP contribution in [0.15, 0.2) is 48.2 Å². The van der Waals surface area contributed by atoms with Gasteiger partial charge < -0.3 is 14.4 Å². The van der Waals surface area contributed by atoms with Gasteiger partial charge in [0.25, 0.3) is 11.8 Å². The van der Waals surface area contributed by atoms with Gasteiger partial charge in [0.1, 0.15) is 11.5 Å². The quantitative estimate of drug-likeness (QED) is 0.576. The van der Waals surface area contributed by atoms with Crippen LogP contribution in [0.4, 0.5) is 10.1 Å². The Balaban J connectivity index is 2.14. The highest BCUT2D eigenvalue weighted by atomic mass is 19.1. The molecule has 31 heavy (non-hydrogen) atoms. The standard InChI is InChI=1S/C24H27FN2O4/c1-16-5-10-20(17(2)15-16)27-23(28)21(18-6-8-19(25)9-7-18)22(24(27)29)26(11-13-30-3)12-14-31-4/h5-10,15H,11-14H2,1-4H3. The molecule has 0 radical (unpaired) electrons. The first-order valence-electron chi connectivity index (χ1n) is 10.1. The molecule has 0 bridgehead atoms. The highest BCUT2D eigenvalue weighted by Crippen LogP contribution is 2.36. The number of nitrogens with zero attached hydrogens (tertiary/aromatic N) is 2. The summed E-state index contributed by atoms with van der Waals surface area (Å²) < 4.78 is 24.0. The van der Waals surface area contributed by atoms with Crippen LogP contribution in [0.25, 0.3) is 5.57 Å². The van der Waals surface area contributed by atoms with E-state index in [4.69, 9.17) is 9.47 Å². The molecule has 0 N–H and O–H groups in total. The van der Waals surface area contributed by atoms with E-state index in [1.165, 1.54) is 29.2 Å². The summed E-state index contributed by atoms with van der Waals surface area (Å²) in [7, 11) is 3.15. The molecule has 2 amide bonds. The molecule has 0 saturated heterocycles. The molecule has 1 heterocycles. The van der Waals surface area contributed by atoms with E-state index in [-0.39, 0.29) is 11.3 Å². The molecule has 0 fully saturated rings. The van der Waals surface area contributed by atoms with Crippen molar-refractivity contribution in [3.05, 3.63) is 70.7 Å². The first-order valence-corrected chi connectivity index (χ1v) is 10.1. The molecule has 0 aromatic heterocycles. The minimum absolute atomic E-state index is 0.247. The number of rotatable bonds is 9. The van der Waals surface area contributed by atoms with Gasteiger partial charge in [0.15, 0.2) is 0 Å². The van der Waals surface area contributed by atoms with Crippen LogP contribution in [0, 0.1) is 19.7 Å². The lowest BCUT2D eigenvalue weighted by Crippen LogP contribution is -2.38. The maximum atomic E-state index is 13.6. The molecule has 3 rings (SSSR count). The summed E-state index contributed by atoms with van der Waals surface area (Å²) in [4.78, 5) is 30.2. The van der Waals surface area contributed by atoms with E-state index in [2.05, 4.69) is 0 Å². The minimum Gasteiger partial charge on any atom is -0.383 e. The molecule has 0 saturated carbocycles. The summed E-state index contributed by atoms with van der Waals surface area (Å²) in [6, 6.07) is 11.2. The molecule has 1 aliphatic heterocycles. The Kier molecular flexibility index (Phi) is 7.20. The van der Waals surface area contributed by atoms with Gasteiger partial charge in [0.2, 0.25) is 0 Å². The van der Waals surface area contributed by atoms with Crippen LogP contribution in [0.2, 0.25) is 0 Å². The average molecular weight is 426 g/mol. The number of hydrogen-bond acceptors (Lipinski definition) is 5. The van der Waals surface area contributed by atoms with E-state index in [1.54, 1.807) is 25.2 Å². The largest absolute Gasteiger partial charge is 0.383 e. The molecule has 2 aromatic carbocycles. The molecule has 0 unspecified atom stereocenters. The number of carbonyl (C=O) groups is 2. The first kappa shape index (κ1) is 22.7. The van der Waals surface area contributed by atoms with Crippen molar-refractivity contribution in [2.75, 3.05) is 45.4 Å². The number of hydrogen-bond donors (Lipinski definition) is 0. The van der Waals surface area contributed by atoms with Crippen molar-refractivity contribution in [2.45, 2.75) is 13.8 Å². The molecule has 0 aliphatic carbocycles. The summed E-state index contributed by atoms with van der Waals surface area (Å²) in [6.45, 7) is 5.37. The topological polar surface area (TPSA) is 59.1 Å². The van der Waals surface area contributed by atoms with Crippen molar-refractivity contribution < 1.29 is 23.5 Å². The van der Waals surface area contributed by atoms with E-state index in [1.807, 2.05) is 26.0 Å². The number of carbonyl (C=O) groups excluding carboxylic acids is 2. The summed E-state index contributed by atoms with van der Waals surface area (Å²) in [5.74, 6) is -1.26. The Bertz CT molecular complexity index is 993. The fraction of sp³-hybridized carbons (Fsp3) is 0.333. The Hall–Kier alpha value is -3.03.